The highest BCUT2D eigenvalue weighted by molar-refractivity contribution is 5.75. The van der Waals surface area contributed by atoms with Gasteiger partial charge in [-0.05, 0) is 50.0 Å². The maximum atomic E-state index is 11.7. The number of carbonyl (C=O) groups excluding carboxylic acids is 1. The molecule has 124 valence electrons. The van der Waals surface area contributed by atoms with Crippen LogP contribution >= 0.6 is 0 Å². The molecule has 2 rings (SSSR count). The van der Waals surface area contributed by atoms with Gasteiger partial charge in [-0.15, -0.1) is 0 Å². The molecule has 0 saturated heterocycles. The van der Waals surface area contributed by atoms with Crippen LogP contribution in [0.3, 0.4) is 0 Å². The molecule has 0 aromatic rings. The van der Waals surface area contributed by atoms with Gasteiger partial charge in [-0.3, -0.25) is 4.79 Å². The first-order chi connectivity index (χ1) is 11.0. The smallest absolute Gasteiger partial charge is 0.312 e. The number of allylic oxidation sites excluding steroid dienone is 8. The largest absolute Gasteiger partial charge is 0.466 e. The molecular weight excluding hydrogens is 288 g/mol. The summed E-state index contributed by atoms with van der Waals surface area (Å²) in [5, 5.41) is 0. The molecule has 2 aliphatic carbocycles. The number of hydrogen-bond acceptors (Lipinski definition) is 3. The van der Waals surface area contributed by atoms with Crippen LogP contribution < -0.4 is 0 Å². The number of methoxy groups -OCH3 is 1. The van der Waals surface area contributed by atoms with Crippen LogP contribution in [-0.4, -0.2) is 26.3 Å². The lowest BCUT2D eigenvalue weighted by molar-refractivity contribution is -0.145. The van der Waals surface area contributed by atoms with Gasteiger partial charge in [0.25, 0.3) is 0 Å². The Kier molecular flexibility index (Phi) is 5.42. The third kappa shape index (κ3) is 3.56. The van der Waals surface area contributed by atoms with Crippen molar-refractivity contribution in [2.45, 2.75) is 27.7 Å². The fourth-order valence-electron chi connectivity index (χ4n) is 2.87. The van der Waals surface area contributed by atoms with Crippen LogP contribution in [0, 0.1) is 11.3 Å². The Morgan fingerprint density at radius 3 is 2.74 bits per heavy atom. The van der Waals surface area contributed by atoms with Gasteiger partial charge in [0.05, 0.1) is 19.1 Å². The molecule has 3 heteroatoms. The molecule has 0 heterocycles. The summed E-state index contributed by atoms with van der Waals surface area (Å²) in [4.78, 5) is 11.7. The van der Waals surface area contributed by atoms with Crippen molar-refractivity contribution in [3.05, 3.63) is 58.7 Å². The second-order valence-corrected chi connectivity index (χ2v) is 6.11. The van der Waals surface area contributed by atoms with E-state index in [9.17, 15) is 4.79 Å². The lowest BCUT2D eigenvalue weighted by Crippen LogP contribution is -2.14. The lowest BCUT2D eigenvalue weighted by atomic mass is 9.83. The standard InChI is InChI=1S/C20H26O3/c1-6-15(9-8-14(3)19(21)23-7-2)17-11-10-16(13-22-5)20(4)12-18(17)20/h6,8-12,14H,7,13H2,1-5H3/b9-8-,15-6+/t14?,20-/m0/s1. The molecule has 0 N–H and O–H groups in total. The minimum atomic E-state index is -0.242. The molecule has 0 aliphatic heterocycles. The Bertz CT molecular complexity index is 631. The fraction of sp³-hybridized carbons (Fsp3) is 0.450. The summed E-state index contributed by atoms with van der Waals surface area (Å²) in [5.74, 6) is -0.428. The van der Waals surface area contributed by atoms with E-state index in [4.69, 9.17) is 9.47 Å². The molecule has 0 spiro atoms. The minimum Gasteiger partial charge on any atom is -0.466 e. The first-order valence-corrected chi connectivity index (χ1v) is 8.13. The van der Waals surface area contributed by atoms with E-state index in [2.05, 4.69) is 31.2 Å². The number of hydrogen-bond donors (Lipinski definition) is 0. The molecular formula is C20H26O3. The van der Waals surface area contributed by atoms with Gasteiger partial charge in [0.15, 0.2) is 0 Å². The van der Waals surface area contributed by atoms with E-state index >= 15 is 0 Å². The first-order valence-electron chi connectivity index (χ1n) is 8.13. The molecule has 0 aromatic heterocycles. The average Bonchev–Trinajstić information content (AvgIpc) is 3.23. The number of ether oxygens (including phenoxy) is 2. The number of esters is 1. The van der Waals surface area contributed by atoms with Crippen molar-refractivity contribution >= 4 is 5.97 Å². The van der Waals surface area contributed by atoms with Crippen molar-refractivity contribution in [2.75, 3.05) is 20.3 Å². The number of fused-ring (bicyclic) bond motifs is 1. The molecule has 2 atom stereocenters. The summed E-state index contributed by atoms with van der Waals surface area (Å²) in [6.07, 6.45) is 12.6. The third-order valence-corrected chi connectivity index (χ3v) is 4.46. The van der Waals surface area contributed by atoms with Crippen molar-refractivity contribution in [1.29, 1.82) is 0 Å². The third-order valence-electron chi connectivity index (χ3n) is 4.46. The van der Waals surface area contributed by atoms with E-state index in [1.807, 2.05) is 32.9 Å². The van der Waals surface area contributed by atoms with Crippen molar-refractivity contribution in [3.63, 3.8) is 0 Å². The quantitative estimate of drug-likeness (QED) is 0.523. The lowest BCUT2D eigenvalue weighted by Gasteiger charge is -2.22. The summed E-state index contributed by atoms with van der Waals surface area (Å²) in [7, 11) is 1.72. The highest BCUT2D eigenvalue weighted by Gasteiger charge is 2.45. The van der Waals surface area contributed by atoms with Crippen molar-refractivity contribution in [3.8, 4) is 0 Å². The van der Waals surface area contributed by atoms with Crippen LogP contribution in [0.5, 0.6) is 0 Å². The Hall–Kier alpha value is -1.87. The van der Waals surface area contributed by atoms with Gasteiger partial charge in [0, 0.05) is 12.5 Å². The monoisotopic (exact) mass is 314 g/mol. The molecule has 23 heavy (non-hydrogen) atoms. The average molecular weight is 314 g/mol. The highest BCUT2D eigenvalue weighted by atomic mass is 16.5. The van der Waals surface area contributed by atoms with E-state index in [0.717, 1.165) is 5.57 Å². The Labute approximate surface area is 139 Å². The summed E-state index contributed by atoms with van der Waals surface area (Å²) in [6, 6.07) is 0. The van der Waals surface area contributed by atoms with Crippen LogP contribution in [0.2, 0.25) is 0 Å². The van der Waals surface area contributed by atoms with Gasteiger partial charge >= 0.3 is 5.97 Å². The van der Waals surface area contributed by atoms with Gasteiger partial charge in [0.1, 0.15) is 0 Å². The summed E-state index contributed by atoms with van der Waals surface area (Å²) in [6.45, 7) is 8.98. The highest BCUT2D eigenvalue weighted by Crippen LogP contribution is 2.57. The Morgan fingerprint density at radius 2 is 2.13 bits per heavy atom. The first kappa shape index (κ1) is 17.5. The predicted molar refractivity (Wildman–Crippen MR) is 92.9 cm³/mol. The minimum absolute atomic E-state index is 0.0367. The molecule has 0 aromatic carbocycles. The zero-order valence-electron chi connectivity index (χ0n) is 14.7. The van der Waals surface area contributed by atoms with E-state index in [-0.39, 0.29) is 17.3 Å². The Morgan fingerprint density at radius 1 is 1.39 bits per heavy atom. The molecule has 0 bridgehead atoms. The second kappa shape index (κ2) is 7.14. The molecule has 0 radical (unpaired) electrons. The van der Waals surface area contributed by atoms with Crippen LogP contribution in [0.25, 0.3) is 0 Å². The molecule has 0 amide bonds. The van der Waals surface area contributed by atoms with Crippen molar-refractivity contribution in [2.24, 2.45) is 11.3 Å². The number of rotatable bonds is 7. The zero-order valence-corrected chi connectivity index (χ0v) is 14.7. The van der Waals surface area contributed by atoms with Crippen LogP contribution in [0.15, 0.2) is 58.7 Å². The summed E-state index contributed by atoms with van der Waals surface area (Å²) in [5.41, 5.74) is 5.02. The van der Waals surface area contributed by atoms with Crippen molar-refractivity contribution < 1.29 is 14.3 Å². The molecule has 1 unspecified atom stereocenters. The van der Waals surface area contributed by atoms with Gasteiger partial charge in [0.2, 0.25) is 0 Å². The van der Waals surface area contributed by atoms with Crippen LogP contribution in [0.4, 0.5) is 0 Å². The second-order valence-electron chi connectivity index (χ2n) is 6.11. The fourth-order valence-corrected chi connectivity index (χ4v) is 2.87. The van der Waals surface area contributed by atoms with E-state index < -0.39 is 0 Å². The Balaban J connectivity index is 2.14. The number of carbonyl (C=O) groups is 1. The summed E-state index contributed by atoms with van der Waals surface area (Å²) < 4.78 is 10.3. The van der Waals surface area contributed by atoms with E-state index in [1.165, 1.54) is 16.7 Å². The SMILES string of the molecule is C/C=C(\C=C/C(C)C(=O)OCC)C1=CC=C(COC)[C@]2(C)C=C12. The molecule has 0 fully saturated rings. The molecule has 0 saturated carbocycles. The van der Waals surface area contributed by atoms with E-state index in [1.54, 1.807) is 7.11 Å². The van der Waals surface area contributed by atoms with Gasteiger partial charge in [-0.25, -0.2) is 0 Å². The summed E-state index contributed by atoms with van der Waals surface area (Å²) >= 11 is 0. The topological polar surface area (TPSA) is 35.5 Å². The van der Waals surface area contributed by atoms with E-state index in [0.29, 0.717) is 13.2 Å². The zero-order chi connectivity index (χ0) is 17.0. The van der Waals surface area contributed by atoms with Gasteiger partial charge in [-0.1, -0.05) is 36.5 Å². The van der Waals surface area contributed by atoms with Gasteiger partial charge in [-0.2, -0.15) is 0 Å². The van der Waals surface area contributed by atoms with Gasteiger partial charge < -0.3 is 9.47 Å². The maximum Gasteiger partial charge on any atom is 0.312 e. The predicted octanol–water partition coefficient (Wildman–Crippen LogP) is 4.15. The van der Waals surface area contributed by atoms with Crippen LogP contribution in [-0.2, 0) is 14.3 Å². The van der Waals surface area contributed by atoms with Crippen molar-refractivity contribution in [1.82, 2.24) is 0 Å². The maximum absolute atomic E-state index is 11.7. The van der Waals surface area contributed by atoms with Crippen LogP contribution in [0.1, 0.15) is 27.7 Å². The molecule has 2 aliphatic rings. The molecule has 3 nitrogen and oxygen atoms in total. The normalized spacial score (nSPS) is 24.6.